The molecule has 0 fully saturated rings. The summed E-state index contributed by atoms with van der Waals surface area (Å²) in [4.78, 5) is 23.6. The van der Waals surface area contributed by atoms with Gasteiger partial charge in [0.2, 0.25) is 5.91 Å². The number of carbonyl (C=O) groups excluding carboxylic acids is 1. The highest BCUT2D eigenvalue weighted by Crippen LogP contribution is 2.23. The molecule has 0 unspecified atom stereocenters. The summed E-state index contributed by atoms with van der Waals surface area (Å²) in [6.45, 7) is 0.496. The quantitative estimate of drug-likeness (QED) is 0.773. The highest BCUT2D eigenvalue weighted by atomic mass is 32.2. The third-order valence-electron chi connectivity index (χ3n) is 2.14. The van der Waals surface area contributed by atoms with Gasteiger partial charge in [-0.05, 0) is 17.9 Å². The first-order valence-corrected chi connectivity index (χ1v) is 7.08. The van der Waals surface area contributed by atoms with Crippen LogP contribution in [0.2, 0.25) is 0 Å². The molecule has 1 rings (SSSR count). The minimum Gasteiger partial charge on any atom is -0.481 e. The van der Waals surface area contributed by atoms with Crippen LogP contribution in [0.4, 0.5) is 0 Å². The third-order valence-corrected chi connectivity index (χ3v) is 4.26. The van der Waals surface area contributed by atoms with Gasteiger partial charge in [0.1, 0.15) is 0 Å². The summed E-state index contributed by atoms with van der Waals surface area (Å²) in [6, 6.07) is 3.93. The predicted molar refractivity (Wildman–Crippen MR) is 69.5 cm³/mol. The maximum atomic E-state index is 11.7. The Morgan fingerprint density at radius 2 is 2.29 bits per heavy atom. The second-order valence-electron chi connectivity index (χ2n) is 3.53. The van der Waals surface area contributed by atoms with Crippen LogP contribution in [0.1, 0.15) is 12.8 Å². The predicted octanol–water partition coefficient (Wildman–Crippen LogP) is 2.16. The molecule has 0 saturated carbocycles. The van der Waals surface area contributed by atoms with E-state index in [9.17, 15) is 9.59 Å². The third kappa shape index (κ3) is 5.74. The minimum absolute atomic E-state index is 0.0359. The van der Waals surface area contributed by atoms with E-state index in [-0.39, 0.29) is 12.3 Å². The number of nitrogens with zero attached hydrogens (tertiary/aromatic N) is 1. The van der Waals surface area contributed by atoms with Gasteiger partial charge in [-0.25, -0.2) is 0 Å². The molecule has 0 radical (unpaired) electrons. The van der Waals surface area contributed by atoms with E-state index in [0.29, 0.717) is 18.7 Å². The SMILES string of the molecule is CN(CCCC(=O)O)C(=O)CSc1cccs1. The summed E-state index contributed by atoms with van der Waals surface area (Å²) < 4.78 is 1.12. The van der Waals surface area contributed by atoms with E-state index < -0.39 is 5.97 Å². The van der Waals surface area contributed by atoms with Gasteiger partial charge in [0.05, 0.1) is 9.96 Å². The molecule has 0 spiro atoms. The zero-order valence-electron chi connectivity index (χ0n) is 9.59. The first-order chi connectivity index (χ1) is 8.09. The summed E-state index contributed by atoms with van der Waals surface area (Å²) in [7, 11) is 1.71. The Kier molecular flexibility index (Phi) is 6.07. The van der Waals surface area contributed by atoms with Gasteiger partial charge >= 0.3 is 5.97 Å². The fourth-order valence-corrected chi connectivity index (χ4v) is 2.91. The van der Waals surface area contributed by atoms with E-state index in [1.54, 1.807) is 23.3 Å². The molecule has 94 valence electrons. The van der Waals surface area contributed by atoms with Crippen LogP contribution >= 0.6 is 23.1 Å². The molecule has 0 atom stereocenters. The van der Waals surface area contributed by atoms with Crippen molar-refractivity contribution in [1.29, 1.82) is 0 Å². The van der Waals surface area contributed by atoms with Crippen molar-refractivity contribution in [2.24, 2.45) is 0 Å². The van der Waals surface area contributed by atoms with Crippen molar-refractivity contribution in [3.05, 3.63) is 17.5 Å². The molecule has 1 aromatic heterocycles. The molecule has 4 nitrogen and oxygen atoms in total. The smallest absolute Gasteiger partial charge is 0.303 e. The summed E-state index contributed by atoms with van der Waals surface area (Å²) in [5.41, 5.74) is 0. The fourth-order valence-electron chi connectivity index (χ4n) is 1.18. The van der Waals surface area contributed by atoms with Crippen molar-refractivity contribution in [1.82, 2.24) is 4.90 Å². The first-order valence-electron chi connectivity index (χ1n) is 5.21. The number of carboxylic acid groups (broad SMARTS) is 1. The number of hydrogen-bond acceptors (Lipinski definition) is 4. The number of carboxylic acids is 1. The molecule has 1 heterocycles. The Labute approximate surface area is 109 Å². The van der Waals surface area contributed by atoms with Crippen LogP contribution in [-0.2, 0) is 9.59 Å². The van der Waals surface area contributed by atoms with Crippen molar-refractivity contribution in [3.63, 3.8) is 0 Å². The summed E-state index contributed by atoms with van der Waals surface area (Å²) in [5.74, 6) is -0.378. The van der Waals surface area contributed by atoms with Gasteiger partial charge in [0.15, 0.2) is 0 Å². The molecule has 1 N–H and O–H groups in total. The van der Waals surface area contributed by atoms with Gasteiger partial charge in [-0.2, -0.15) is 0 Å². The second-order valence-corrected chi connectivity index (χ2v) is 5.76. The standard InChI is InChI=1S/C11H15NO3S2/c1-12(6-2-4-10(14)15)9(13)8-17-11-5-3-7-16-11/h3,5,7H,2,4,6,8H2,1H3,(H,14,15). The zero-order chi connectivity index (χ0) is 12.7. The van der Waals surface area contributed by atoms with Gasteiger partial charge in [0.25, 0.3) is 0 Å². The molecule has 0 aliphatic rings. The largest absolute Gasteiger partial charge is 0.481 e. The van der Waals surface area contributed by atoms with E-state index in [1.165, 1.54) is 11.8 Å². The number of carbonyl (C=O) groups is 2. The molecule has 0 saturated heterocycles. The molecule has 1 aromatic rings. The lowest BCUT2D eigenvalue weighted by atomic mass is 10.3. The lowest BCUT2D eigenvalue weighted by Gasteiger charge is -2.15. The van der Waals surface area contributed by atoms with Crippen molar-refractivity contribution in [3.8, 4) is 0 Å². The maximum absolute atomic E-state index is 11.7. The Bertz CT molecular complexity index is 365. The number of thioether (sulfide) groups is 1. The first kappa shape index (κ1) is 14.1. The summed E-state index contributed by atoms with van der Waals surface area (Å²) >= 11 is 3.13. The van der Waals surface area contributed by atoms with Crippen molar-refractivity contribution in [2.75, 3.05) is 19.3 Å². The van der Waals surface area contributed by atoms with E-state index >= 15 is 0 Å². The van der Waals surface area contributed by atoms with E-state index in [2.05, 4.69) is 0 Å². The molecule has 0 aliphatic carbocycles. The summed E-state index contributed by atoms with van der Waals surface area (Å²) in [6.07, 6.45) is 0.608. The van der Waals surface area contributed by atoms with E-state index in [0.717, 1.165) is 4.21 Å². The van der Waals surface area contributed by atoms with Crippen LogP contribution in [0.3, 0.4) is 0 Å². The molecule has 0 bridgehead atoms. The monoisotopic (exact) mass is 273 g/mol. The highest BCUT2D eigenvalue weighted by Gasteiger charge is 2.09. The lowest BCUT2D eigenvalue weighted by molar-refractivity contribution is -0.137. The van der Waals surface area contributed by atoms with Crippen LogP contribution in [0.25, 0.3) is 0 Å². The highest BCUT2D eigenvalue weighted by molar-refractivity contribution is 8.01. The normalized spacial score (nSPS) is 10.2. The Hall–Kier alpha value is -1.01. The topological polar surface area (TPSA) is 57.6 Å². The Morgan fingerprint density at radius 3 is 2.88 bits per heavy atom. The number of amides is 1. The van der Waals surface area contributed by atoms with Crippen molar-refractivity contribution >= 4 is 35.0 Å². The second kappa shape index (κ2) is 7.34. The van der Waals surface area contributed by atoms with Crippen LogP contribution in [0.5, 0.6) is 0 Å². The lowest BCUT2D eigenvalue weighted by Crippen LogP contribution is -2.29. The van der Waals surface area contributed by atoms with E-state index in [4.69, 9.17) is 5.11 Å². The van der Waals surface area contributed by atoms with Gasteiger partial charge in [-0.1, -0.05) is 6.07 Å². The van der Waals surface area contributed by atoms with Crippen molar-refractivity contribution < 1.29 is 14.7 Å². The van der Waals surface area contributed by atoms with Crippen LogP contribution < -0.4 is 0 Å². The van der Waals surface area contributed by atoms with Gasteiger partial charge < -0.3 is 10.0 Å². The molecular weight excluding hydrogens is 258 g/mol. The van der Waals surface area contributed by atoms with Crippen LogP contribution in [-0.4, -0.2) is 41.2 Å². The van der Waals surface area contributed by atoms with Gasteiger partial charge in [-0.3, -0.25) is 9.59 Å². The number of rotatable bonds is 7. The maximum Gasteiger partial charge on any atom is 0.303 e. The van der Waals surface area contributed by atoms with Crippen LogP contribution in [0, 0.1) is 0 Å². The van der Waals surface area contributed by atoms with Gasteiger partial charge in [0, 0.05) is 20.0 Å². The average molecular weight is 273 g/mol. The fraction of sp³-hybridized carbons (Fsp3) is 0.455. The Balaban J connectivity index is 2.20. The van der Waals surface area contributed by atoms with Crippen LogP contribution in [0.15, 0.2) is 21.7 Å². The molecule has 1 amide bonds. The zero-order valence-corrected chi connectivity index (χ0v) is 11.2. The van der Waals surface area contributed by atoms with Gasteiger partial charge in [-0.15, -0.1) is 23.1 Å². The molecule has 0 aliphatic heterocycles. The number of aliphatic carboxylic acids is 1. The summed E-state index contributed by atoms with van der Waals surface area (Å²) in [5, 5.41) is 10.5. The van der Waals surface area contributed by atoms with E-state index in [1.807, 2.05) is 17.5 Å². The molecule has 0 aromatic carbocycles. The minimum atomic E-state index is -0.821. The number of hydrogen-bond donors (Lipinski definition) is 1. The Morgan fingerprint density at radius 1 is 1.53 bits per heavy atom. The molecular formula is C11H15NO3S2. The molecule has 17 heavy (non-hydrogen) atoms. The average Bonchev–Trinajstić information content (AvgIpc) is 2.78. The molecule has 6 heteroatoms. The number of thiophene rings is 1. The van der Waals surface area contributed by atoms with Crippen molar-refractivity contribution in [2.45, 2.75) is 17.1 Å².